The Balaban J connectivity index is 1.42. The van der Waals surface area contributed by atoms with Gasteiger partial charge in [0.25, 0.3) is 0 Å². The summed E-state index contributed by atoms with van der Waals surface area (Å²) in [6.07, 6.45) is -3.52. The zero-order valence-electron chi connectivity index (χ0n) is 17.7. The minimum absolute atomic E-state index is 0.133. The molecule has 2 aliphatic heterocycles. The molecule has 0 aliphatic carbocycles. The molecule has 2 aliphatic rings. The SMILES string of the molecule is COc1ccnc(CNC2NCNC(N3CCCC3c3ccc(C(F)(F)F)cc3)C2F)c1. The van der Waals surface area contributed by atoms with Crippen molar-refractivity contribution in [2.75, 3.05) is 20.3 Å². The molecule has 1 aromatic heterocycles. The number of hydrogen-bond acceptors (Lipinski definition) is 6. The molecule has 0 bridgehead atoms. The number of halogens is 4. The number of benzene rings is 1. The van der Waals surface area contributed by atoms with Crippen LogP contribution in [0.4, 0.5) is 17.6 Å². The second-order valence-electron chi connectivity index (χ2n) is 8.04. The van der Waals surface area contributed by atoms with Crippen molar-refractivity contribution in [3.05, 3.63) is 59.4 Å². The van der Waals surface area contributed by atoms with E-state index in [0.29, 0.717) is 25.5 Å². The van der Waals surface area contributed by atoms with E-state index in [4.69, 9.17) is 4.74 Å². The van der Waals surface area contributed by atoms with Crippen LogP contribution in [-0.4, -0.2) is 48.7 Å². The molecular weight excluding hydrogens is 426 g/mol. The van der Waals surface area contributed by atoms with Gasteiger partial charge in [0.2, 0.25) is 0 Å². The number of methoxy groups -OCH3 is 1. The molecule has 6 nitrogen and oxygen atoms in total. The Morgan fingerprint density at radius 2 is 1.97 bits per heavy atom. The summed E-state index contributed by atoms with van der Waals surface area (Å²) in [5.41, 5.74) is 0.829. The molecule has 4 atom stereocenters. The van der Waals surface area contributed by atoms with E-state index >= 15 is 4.39 Å². The number of hydrogen-bond donors (Lipinski definition) is 3. The zero-order valence-corrected chi connectivity index (χ0v) is 17.7. The van der Waals surface area contributed by atoms with E-state index in [1.165, 1.54) is 12.1 Å². The smallest absolute Gasteiger partial charge is 0.416 e. The molecule has 3 heterocycles. The van der Waals surface area contributed by atoms with Gasteiger partial charge in [-0.1, -0.05) is 12.1 Å². The van der Waals surface area contributed by atoms with E-state index in [-0.39, 0.29) is 6.04 Å². The largest absolute Gasteiger partial charge is 0.497 e. The van der Waals surface area contributed by atoms with Gasteiger partial charge in [0, 0.05) is 38.1 Å². The highest BCUT2D eigenvalue weighted by molar-refractivity contribution is 5.28. The Kier molecular flexibility index (Phi) is 6.94. The molecular formula is C22H27F4N5O. The number of pyridine rings is 1. The predicted molar refractivity (Wildman–Crippen MR) is 111 cm³/mol. The third kappa shape index (κ3) is 5.03. The average Bonchev–Trinajstić information content (AvgIpc) is 3.28. The van der Waals surface area contributed by atoms with Crippen molar-refractivity contribution in [1.82, 2.24) is 25.8 Å². The van der Waals surface area contributed by atoms with Crippen LogP contribution >= 0.6 is 0 Å². The summed E-state index contributed by atoms with van der Waals surface area (Å²) in [5.74, 6) is 0.682. The number of aromatic nitrogens is 1. The molecule has 0 radical (unpaired) electrons. The van der Waals surface area contributed by atoms with E-state index < -0.39 is 30.2 Å². The number of nitrogens with zero attached hydrogens (tertiary/aromatic N) is 2. The third-order valence-corrected chi connectivity index (χ3v) is 6.05. The Bertz CT molecular complexity index is 895. The van der Waals surface area contributed by atoms with Crippen LogP contribution in [-0.2, 0) is 12.7 Å². The van der Waals surface area contributed by atoms with Crippen LogP contribution in [0.25, 0.3) is 0 Å². The van der Waals surface area contributed by atoms with Crippen LogP contribution in [0.15, 0.2) is 42.6 Å². The maximum Gasteiger partial charge on any atom is 0.416 e. The lowest BCUT2D eigenvalue weighted by molar-refractivity contribution is -0.137. The molecule has 4 unspecified atom stereocenters. The van der Waals surface area contributed by atoms with Gasteiger partial charge in [-0.25, -0.2) is 4.39 Å². The Morgan fingerprint density at radius 3 is 2.69 bits per heavy atom. The maximum absolute atomic E-state index is 15.5. The molecule has 174 valence electrons. The molecule has 2 aromatic rings. The highest BCUT2D eigenvalue weighted by atomic mass is 19.4. The fraction of sp³-hybridized carbons (Fsp3) is 0.500. The second kappa shape index (κ2) is 9.70. The molecule has 0 spiro atoms. The summed E-state index contributed by atoms with van der Waals surface area (Å²) in [7, 11) is 1.58. The van der Waals surface area contributed by atoms with Crippen molar-refractivity contribution in [3.8, 4) is 5.75 Å². The first kappa shape index (κ1) is 22.9. The first-order chi connectivity index (χ1) is 15.4. The lowest BCUT2D eigenvalue weighted by atomic mass is 10.0. The fourth-order valence-electron chi connectivity index (χ4n) is 4.43. The highest BCUT2D eigenvalue weighted by Crippen LogP contribution is 2.36. The van der Waals surface area contributed by atoms with Crippen molar-refractivity contribution in [2.45, 2.75) is 50.1 Å². The number of alkyl halides is 4. The highest BCUT2D eigenvalue weighted by Gasteiger charge is 2.41. The summed E-state index contributed by atoms with van der Waals surface area (Å²) < 4.78 is 59.4. The first-order valence-electron chi connectivity index (χ1n) is 10.6. The second-order valence-corrected chi connectivity index (χ2v) is 8.04. The average molecular weight is 453 g/mol. The number of rotatable bonds is 6. The molecule has 4 rings (SSSR count). The summed E-state index contributed by atoms with van der Waals surface area (Å²) in [4.78, 5) is 6.29. The fourth-order valence-corrected chi connectivity index (χ4v) is 4.43. The van der Waals surface area contributed by atoms with Crippen molar-refractivity contribution < 1.29 is 22.3 Å². The number of nitrogens with one attached hydrogen (secondary N) is 3. The number of likely N-dealkylation sites (tertiary alicyclic amines) is 1. The molecule has 10 heteroatoms. The molecule has 2 fully saturated rings. The molecule has 0 saturated carbocycles. The lowest BCUT2D eigenvalue weighted by Gasteiger charge is -2.42. The Hall–Kier alpha value is -2.27. The summed E-state index contributed by atoms with van der Waals surface area (Å²) in [5, 5.41) is 9.44. The van der Waals surface area contributed by atoms with Gasteiger partial charge in [0.05, 0.1) is 30.7 Å². The van der Waals surface area contributed by atoms with Crippen molar-refractivity contribution >= 4 is 0 Å². The van der Waals surface area contributed by atoms with Gasteiger partial charge in [-0.15, -0.1) is 0 Å². The first-order valence-corrected chi connectivity index (χ1v) is 10.6. The standard InChI is InChI=1S/C22H27F4N5O/c1-32-17-8-9-27-16(11-17)12-28-20-19(23)21(30-13-29-20)31-10-2-3-18(31)14-4-6-15(7-5-14)22(24,25)26/h4-9,11,18-21,28-30H,2-3,10,12-13H2,1H3. The summed E-state index contributed by atoms with van der Waals surface area (Å²) in [6, 6.07) is 8.61. The lowest BCUT2D eigenvalue weighted by Crippen LogP contribution is -2.68. The zero-order chi connectivity index (χ0) is 22.7. The molecule has 1 aromatic carbocycles. The molecule has 3 N–H and O–H groups in total. The van der Waals surface area contributed by atoms with Gasteiger partial charge < -0.3 is 4.74 Å². The Labute approximate surface area is 184 Å². The Morgan fingerprint density at radius 1 is 1.19 bits per heavy atom. The number of ether oxygens (including phenoxy) is 1. The van der Waals surface area contributed by atoms with E-state index in [2.05, 4.69) is 20.9 Å². The minimum Gasteiger partial charge on any atom is -0.497 e. The van der Waals surface area contributed by atoms with Gasteiger partial charge in [0.15, 0.2) is 6.17 Å². The van der Waals surface area contributed by atoms with Gasteiger partial charge >= 0.3 is 6.18 Å². The van der Waals surface area contributed by atoms with Crippen molar-refractivity contribution in [1.29, 1.82) is 0 Å². The van der Waals surface area contributed by atoms with Crippen LogP contribution < -0.4 is 20.7 Å². The van der Waals surface area contributed by atoms with Crippen LogP contribution in [0, 0.1) is 0 Å². The van der Waals surface area contributed by atoms with E-state index in [9.17, 15) is 13.2 Å². The molecule has 32 heavy (non-hydrogen) atoms. The van der Waals surface area contributed by atoms with E-state index in [1.807, 2.05) is 4.90 Å². The topological polar surface area (TPSA) is 61.5 Å². The van der Waals surface area contributed by atoms with Crippen molar-refractivity contribution in [3.63, 3.8) is 0 Å². The molecule has 0 amide bonds. The normalized spacial score (nSPS) is 26.9. The summed E-state index contributed by atoms with van der Waals surface area (Å²) in [6.45, 7) is 1.45. The monoisotopic (exact) mass is 453 g/mol. The minimum atomic E-state index is -4.37. The predicted octanol–water partition coefficient (Wildman–Crippen LogP) is 3.18. The van der Waals surface area contributed by atoms with E-state index in [1.54, 1.807) is 25.4 Å². The van der Waals surface area contributed by atoms with Gasteiger partial charge in [-0.2, -0.15) is 13.2 Å². The van der Waals surface area contributed by atoms with Crippen LogP contribution in [0.1, 0.15) is 35.7 Å². The summed E-state index contributed by atoms with van der Waals surface area (Å²) >= 11 is 0. The van der Waals surface area contributed by atoms with Crippen LogP contribution in [0.5, 0.6) is 5.75 Å². The van der Waals surface area contributed by atoms with Gasteiger partial charge in [0.1, 0.15) is 5.75 Å². The third-order valence-electron chi connectivity index (χ3n) is 6.05. The van der Waals surface area contributed by atoms with Crippen LogP contribution in [0.2, 0.25) is 0 Å². The maximum atomic E-state index is 15.5. The molecule has 2 saturated heterocycles. The quantitative estimate of drug-likeness (QED) is 0.585. The van der Waals surface area contributed by atoms with E-state index in [0.717, 1.165) is 36.2 Å². The van der Waals surface area contributed by atoms with Crippen molar-refractivity contribution in [2.24, 2.45) is 0 Å². The van der Waals surface area contributed by atoms with Gasteiger partial charge in [-0.05, 0) is 36.6 Å². The van der Waals surface area contributed by atoms with Crippen LogP contribution in [0.3, 0.4) is 0 Å². The van der Waals surface area contributed by atoms with Gasteiger partial charge in [-0.3, -0.25) is 25.8 Å².